The Bertz CT molecular complexity index is 843. The lowest BCUT2D eigenvalue weighted by Gasteiger charge is -2.36. The van der Waals surface area contributed by atoms with Gasteiger partial charge < -0.3 is 9.80 Å². The van der Waals surface area contributed by atoms with Crippen molar-refractivity contribution >= 4 is 11.7 Å². The van der Waals surface area contributed by atoms with E-state index < -0.39 is 0 Å². The second kappa shape index (κ2) is 9.35. The second-order valence-corrected chi connectivity index (χ2v) is 8.32. The van der Waals surface area contributed by atoms with Crippen LogP contribution in [0.15, 0.2) is 30.3 Å². The first-order valence-electron chi connectivity index (χ1n) is 10.4. The molecule has 1 fully saturated rings. The molecule has 0 unspecified atom stereocenters. The topological polar surface area (TPSA) is 52.6 Å². The summed E-state index contributed by atoms with van der Waals surface area (Å²) >= 11 is 0. The van der Waals surface area contributed by atoms with Crippen LogP contribution >= 0.6 is 0 Å². The van der Waals surface area contributed by atoms with E-state index in [0.29, 0.717) is 19.0 Å². The van der Waals surface area contributed by atoms with E-state index in [0.717, 1.165) is 43.5 Å². The highest BCUT2D eigenvalue weighted by molar-refractivity contribution is 5.78. The molecule has 0 saturated carbocycles. The van der Waals surface area contributed by atoms with Crippen LogP contribution in [0, 0.1) is 13.8 Å². The molecule has 29 heavy (non-hydrogen) atoms. The molecule has 156 valence electrons. The standard InChI is InChI=1S/C23H33N5O/c1-17(2)23-24-19(4)14-21(25-23)28-12-10-27(11-13-28)16-22(29)26(5)15-20-9-7-6-8-18(20)3/h6-9,14,17H,10-13,15-16H2,1-5H3. The Balaban J connectivity index is 1.53. The van der Waals surface area contributed by atoms with E-state index in [1.165, 1.54) is 11.1 Å². The van der Waals surface area contributed by atoms with Gasteiger partial charge in [0.05, 0.1) is 6.54 Å². The largest absolute Gasteiger partial charge is 0.354 e. The molecule has 3 rings (SSSR count). The van der Waals surface area contributed by atoms with Gasteiger partial charge in [-0.3, -0.25) is 9.69 Å². The number of carbonyl (C=O) groups excluding carboxylic acids is 1. The zero-order valence-electron chi connectivity index (χ0n) is 18.4. The summed E-state index contributed by atoms with van der Waals surface area (Å²) in [5, 5.41) is 0. The lowest BCUT2D eigenvalue weighted by molar-refractivity contribution is -0.131. The Morgan fingerprint density at radius 3 is 2.45 bits per heavy atom. The maximum atomic E-state index is 12.7. The van der Waals surface area contributed by atoms with Crippen molar-refractivity contribution in [2.75, 3.05) is 44.7 Å². The van der Waals surface area contributed by atoms with Crippen molar-refractivity contribution in [2.24, 2.45) is 0 Å². The molecule has 0 aliphatic carbocycles. The average Bonchev–Trinajstić information content (AvgIpc) is 2.69. The fraction of sp³-hybridized carbons (Fsp3) is 0.522. The third-order valence-corrected chi connectivity index (χ3v) is 5.52. The number of hydrogen-bond acceptors (Lipinski definition) is 5. The van der Waals surface area contributed by atoms with Crippen LogP contribution in [0.5, 0.6) is 0 Å². The smallest absolute Gasteiger partial charge is 0.236 e. The molecule has 2 aromatic rings. The molecule has 1 aliphatic heterocycles. The molecule has 0 spiro atoms. The molecule has 1 amide bonds. The Hall–Kier alpha value is -2.47. The molecule has 1 aliphatic rings. The summed E-state index contributed by atoms with van der Waals surface area (Å²) in [7, 11) is 1.89. The van der Waals surface area contributed by atoms with Crippen LogP contribution in [0.3, 0.4) is 0 Å². The lowest BCUT2D eigenvalue weighted by atomic mass is 10.1. The van der Waals surface area contributed by atoms with E-state index in [1.54, 1.807) is 0 Å². The van der Waals surface area contributed by atoms with Gasteiger partial charge in [-0.2, -0.15) is 0 Å². The molecule has 0 bridgehead atoms. The van der Waals surface area contributed by atoms with Crippen molar-refractivity contribution in [1.82, 2.24) is 19.8 Å². The number of aryl methyl sites for hydroxylation is 2. The van der Waals surface area contributed by atoms with Gasteiger partial charge in [-0.25, -0.2) is 9.97 Å². The van der Waals surface area contributed by atoms with E-state index >= 15 is 0 Å². The van der Waals surface area contributed by atoms with Crippen LogP contribution in [0.1, 0.15) is 42.4 Å². The van der Waals surface area contributed by atoms with Crippen molar-refractivity contribution in [2.45, 2.75) is 40.2 Å². The van der Waals surface area contributed by atoms with E-state index in [2.05, 4.69) is 53.8 Å². The van der Waals surface area contributed by atoms with Crippen molar-refractivity contribution < 1.29 is 4.79 Å². The van der Waals surface area contributed by atoms with E-state index in [-0.39, 0.29) is 5.91 Å². The first-order valence-corrected chi connectivity index (χ1v) is 10.4. The average molecular weight is 396 g/mol. The minimum absolute atomic E-state index is 0.168. The van der Waals surface area contributed by atoms with Crippen molar-refractivity contribution in [3.8, 4) is 0 Å². The Kier molecular flexibility index (Phi) is 6.85. The van der Waals surface area contributed by atoms with Gasteiger partial charge in [0.1, 0.15) is 11.6 Å². The van der Waals surface area contributed by atoms with Crippen LogP contribution in [-0.2, 0) is 11.3 Å². The summed E-state index contributed by atoms with van der Waals surface area (Å²) < 4.78 is 0. The highest BCUT2D eigenvalue weighted by Crippen LogP contribution is 2.19. The zero-order chi connectivity index (χ0) is 21.0. The minimum Gasteiger partial charge on any atom is -0.354 e. The van der Waals surface area contributed by atoms with Crippen LogP contribution in [0.4, 0.5) is 5.82 Å². The molecular formula is C23H33N5O. The predicted octanol–water partition coefficient (Wildman–Crippen LogP) is 3.00. The number of amides is 1. The van der Waals surface area contributed by atoms with Crippen LogP contribution in [0.25, 0.3) is 0 Å². The van der Waals surface area contributed by atoms with Gasteiger partial charge in [0.25, 0.3) is 0 Å². The monoisotopic (exact) mass is 395 g/mol. The fourth-order valence-electron chi connectivity index (χ4n) is 3.57. The molecule has 0 radical (unpaired) electrons. The molecule has 0 atom stereocenters. The quantitative estimate of drug-likeness (QED) is 0.753. The third kappa shape index (κ3) is 5.54. The Morgan fingerprint density at radius 1 is 1.10 bits per heavy atom. The third-order valence-electron chi connectivity index (χ3n) is 5.52. The number of piperazine rings is 1. The Labute approximate surface area is 174 Å². The van der Waals surface area contributed by atoms with E-state index in [1.807, 2.05) is 31.0 Å². The number of carbonyl (C=O) groups is 1. The molecule has 1 aromatic heterocycles. The highest BCUT2D eigenvalue weighted by atomic mass is 16.2. The SMILES string of the molecule is Cc1cc(N2CCN(CC(=O)N(C)Cc3ccccc3C)CC2)nc(C(C)C)n1. The summed E-state index contributed by atoms with van der Waals surface area (Å²) in [5.74, 6) is 2.39. The van der Waals surface area contributed by atoms with Gasteiger partial charge >= 0.3 is 0 Å². The molecule has 1 aromatic carbocycles. The number of anilines is 1. The summed E-state index contributed by atoms with van der Waals surface area (Å²) in [6.45, 7) is 13.0. The van der Waals surface area contributed by atoms with Crippen molar-refractivity contribution in [3.63, 3.8) is 0 Å². The van der Waals surface area contributed by atoms with Gasteiger partial charge in [0.15, 0.2) is 0 Å². The number of aromatic nitrogens is 2. The molecule has 0 N–H and O–H groups in total. The maximum absolute atomic E-state index is 12.7. The molecule has 1 saturated heterocycles. The maximum Gasteiger partial charge on any atom is 0.236 e. The fourth-order valence-corrected chi connectivity index (χ4v) is 3.57. The minimum atomic E-state index is 0.168. The van der Waals surface area contributed by atoms with Gasteiger partial charge in [-0.15, -0.1) is 0 Å². The predicted molar refractivity (Wildman–Crippen MR) is 117 cm³/mol. The first-order chi connectivity index (χ1) is 13.8. The summed E-state index contributed by atoms with van der Waals surface area (Å²) in [6.07, 6.45) is 0. The molecular weight excluding hydrogens is 362 g/mol. The number of rotatable bonds is 6. The molecule has 2 heterocycles. The van der Waals surface area contributed by atoms with Gasteiger partial charge in [0.2, 0.25) is 5.91 Å². The van der Waals surface area contributed by atoms with Gasteiger partial charge in [-0.1, -0.05) is 38.1 Å². The summed E-state index contributed by atoms with van der Waals surface area (Å²) in [4.78, 5) is 28.4. The number of likely N-dealkylation sites (N-methyl/N-ethyl adjacent to an activating group) is 1. The van der Waals surface area contributed by atoms with Gasteiger partial charge in [0, 0.05) is 57.4 Å². The number of nitrogens with zero attached hydrogens (tertiary/aromatic N) is 5. The summed E-state index contributed by atoms with van der Waals surface area (Å²) in [5.41, 5.74) is 3.43. The highest BCUT2D eigenvalue weighted by Gasteiger charge is 2.22. The Morgan fingerprint density at radius 2 is 1.79 bits per heavy atom. The van der Waals surface area contributed by atoms with E-state index in [9.17, 15) is 4.79 Å². The van der Waals surface area contributed by atoms with Crippen LogP contribution < -0.4 is 4.90 Å². The zero-order valence-corrected chi connectivity index (χ0v) is 18.4. The number of benzene rings is 1. The van der Waals surface area contributed by atoms with Crippen LogP contribution in [0.2, 0.25) is 0 Å². The van der Waals surface area contributed by atoms with Crippen LogP contribution in [-0.4, -0.2) is 65.4 Å². The number of hydrogen-bond donors (Lipinski definition) is 0. The molecule has 6 heteroatoms. The summed E-state index contributed by atoms with van der Waals surface area (Å²) in [6, 6.07) is 10.3. The van der Waals surface area contributed by atoms with Gasteiger partial charge in [-0.05, 0) is 25.0 Å². The second-order valence-electron chi connectivity index (χ2n) is 8.32. The lowest BCUT2D eigenvalue weighted by Crippen LogP contribution is -2.50. The van der Waals surface area contributed by atoms with Crippen molar-refractivity contribution in [1.29, 1.82) is 0 Å². The normalized spacial score (nSPS) is 15.0. The van der Waals surface area contributed by atoms with Crippen molar-refractivity contribution in [3.05, 3.63) is 53.0 Å². The van der Waals surface area contributed by atoms with E-state index in [4.69, 9.17) is 4.98 Å². The first kappa shape index (κ1) is 21.2. The molecule has 6 nitrogen and oxygen atoms in total.